The SMILES string of the molecule is CCCOCC(C)(NC(C)C)C(=O)OCC. The van der Waals surface area contributed by atoms with Gasteiger partial charge in [0.25, 0.3) is 0 Å². The number of esters is 1. The molecule has 0 aromatic rings. The molecule has 96 valence electrons. The van der Waals surface area contributed by atoms with Crippen molar-refractivity contribution in [2.24, 2.45) is 0 Å². The number of nitrogens with one attached hydrogen (secondary N) is 1. The molecule has 4 heteroatoms. The molecule has 16 heavy (non-hydrogen) atoms. The molecule has 1 unspecified atom stereocenters. The van der Waals surface area contributed by atoms with Crippen molar-refractivity contribution in [3.8, 4) is 0 Å². The van der Waals surface area contributed by atoms with Gasteiger partial charge in [-0.1, -0.05) is 6.92 Å². The Hall–Kier alpha value is -0.610. The van der Waals surface area contributed by atoms with Crippen LogP contribution in [0.5, 0.6) is 0 Å². The fraction of sp³-hybridized carbons (Fsp3) is 0.917. The van der Waals surface area contributed by atoms with E-state index in [1.54, 1.807) is 6.92 Å². The van der Waals surface area contributed by atoms with Crippen molar-refractivity contribution in [1.82, 2.24) is 5.32 Å². The molecule has 0 bridgehead atoms. The van der Waals surface area contributed by atoms with Crippen LogP contribution in [0.2, 0.25) is 0 Å². The number of hydrogen-bond acceptors (Lipinski definition) is 4. The first-order chi connectivity index (χ1) is 7.46. The number of carbonyl (C=O) groups excluding carboxylic acids is 1. The third-order valence-corrected chi connectivity index (χ3v) is 2.07. The molecule has 4 nitrogen and oxygen atoms in total. The first kappa shape index (κ1) is 15.4. The minimum Gasteiger partial charge on any atom is -0.465 e. The molecule has 0 heterocycles. The maximum atomic E-state index is 11.8. The number of carbonyl (C=O) groups is 1. The van der Waals surface area contributed by atoms with Crippen LogP contribution in [0.4, 0.5) is 0 Å². The minimum atomic E-state index is -0.751. The highest BCUT2D eigenvalue weighted by Crippen LogP contribution is 2.09. The van der Waals surface area contributed by atoms with Gasteiger partial charge < -0.3 is 9.47 Å². The van der Waals surface area contributed by atoms with E-state index in [1.807, 2.05) is 27.7 Å². The molecule has 1 N–H and O–H groups in total. The van der Waals surface area contributed by atoms with Crippen molar-refractivity contribution in [3.63, 3.8) is 0 Å². The second kappa shape index (κ2) is 7.63. The zero-order chi connectivity index (χ0) is 12.6. The molecule has 0 aromatic carbocycles. The van der Waals surface area contributed by atoms with Crippen LogP contribution in [0.25, 0.3) is 0 Å². The Morgan fingerprint density at radius 1 is 1.38 bits per heavy atom. The Morgan fingerprint density at radius 2 is 2.00 bits per heavy atom. The van der Waals surface area contributed by atoms with Gasteiger partial charge in [-0.25, -0.2) is 4.79 Å². The Kier molecular flexibility index (Phi) is 7.34. The monoisotopic (exact) mass is 231 g/mol. The van der Waals surface area contributed by atoms with Crippen LogP contribution < -0.4 is 5.32 Å². The molecule has 0 amide bonds. The third kappa shape index (κ3) is 5.47. The fourth-order valence-corrected chi connectivity index (χ4v) is 1.51. The fourth-order valence-electron chi connectivity index (χ4n) is 1.51. The van der Waals surface area contributed by atoms with E-state index in [-0.39, 0.29) is 12.0 Å². The molecular weight excluding hydrogens is 206 g/mol. The summed E-state index contributed by atoms with van der Waals surface area (Å²) in [6.45, 7) is 11.1. The van der Waals surface area contributed by atoms with Gasteiger partial charge >= 0.3 is 5.97 Å². The van der Waals surface area contributed by atoms with Crippen molar-refractivity contribution in [2.75, 3.05) is 19.8 Å². The van der Waals surface area contributed by atoms with Gasteiger partial charge in [-0.2, -0.15) is 0 Å². The van der Waals surface area contributed by atoms with E-state index >= 15 is 0 Å². The second-order valence-electron chi connectivity index (χ2n) is 4.40. The van der Waals surface area contributed by atoms with Gasteiger partial charge in [-0.05, 0) is 34.1 Å². The molecule has 0 aromatic heterocycles. The minimum absolute atomic E-state index is 0.208. The summed E-state index contributed by atoms with van der Waals surface area (Å²) in [6.07, 6.45) is 0.945. The molecule has 0 rings (SSSR count). The standard InChI is InChI=1S/C12H25NO3/c1-6-8-15-9-12(5,13-10(3)4)11(14)16-7-2/h10,13H,6-9H2,1-5H3. The molecule has 0 radical (unpaired) electrons. The van der Waals surface area contributed by atoms with Crippen LogP contribution in [0, 0.1) is 0 Å². The van der Waals surface area contributed by atoms with Crippen molar-refractivity contribution < 1.29 is 14.3 Å². The first-order valence-corrected chi connectivity index (χ1v) is 5.99. The zero-order valence-electron chi connectivity index (χ0n) is 11.1. The van der Waals surface area contributed by atoms with Crippen LogP contribution in [0.1, 0.15) is 41.0 Å². The maximum absolute atomic E-state index is 11.8. The second-order valence-corrected chi connectivity index (χ2v) is 4.40. The van der Waals surface area contributed by atoms with E-state index in [9.17, 15) is 4.79 Å². The molecule has 0 saturated heterocycles. The molecule has 0 spiro atoms. The lowest BCUT2D eigenvalue weighted by Crippen LogP contribution is -2.56. The van der Waals surface area contributed by atoms with E-state index < -0.39 is 5.54 Å². The van der Waals surface area contributed by atoms with Crippen LogP contribution in [0.3, 0.4) is 0 Å². The number of hydrogen-bond donors (Lipinski definition) is 1. The Balaban J connectivity index is 4.40. The van der Waals surface area contributed by atoms with Gasteiger partial charge in [0.15, 0.2) is 0 Å². The predicted molar refractivity (Wildman–Crippen MR) is 64.4 cm³/mol. The van der Waals surface area contributed by atoms with Crippen LogP contribution in [-0.2, 0) is 14.3 Å². The summed E-state index contributed by atoms with van der Waals surface area (Å²) >= 11 is 0. The quantitative estimate of drug-likeness (QED) is 0.510. The highest BCUT2D eigenvalue weighted by atomic mass is 16.5. The normalized spacial score (nSPS) is 14.9. The average molecular weight is 231 g/mol. The van der Waals surface area contributed by atoms with Gasteiger partial charge in [0, 0.05) is 12.6 Å². The van der Waals surface area contributed by atoms with Crippen LogP contribution in [-0.4, -0.2) is 37.4 Å². The highest BCUT2D eigenvalue weighted by molar-refractivity contribution is 5.80. The molecule has 0 aliphatic carbocycles. The van der Waals surface area contributed by atoms with Crippen LogP contribution >= 0.6 is 0 Å². The van der Waals surface area contributed by atoms with Crippen molar-refractivity contribution >= 4 is 5.97 Å². The topological polar surface area (TPSA) is 47.6 Å². The first-order valence-electron chi connectivity index (χ1n) is 5.99. The van der Waals surface area contributed by atoms with E-state index in [1.165, 1.54) is 0 Å². The third-order valence-electron chi connectivity index (χ3n) is 2.07. The molecule has 0 aliphatic rings. The lowest BCUT2D eigenvalue weighted by Gasteiger charge is -2.30. The molecular formula is C12H25NO3. The van der Waals surface area contributed by atoms with Gasteiger partial charge in [-0.15, -0.1) is 0 Å². The van der Waals surface area contributed by atoms with Crippen molar-refractivity contribution in [2.45, 2.75) is 52.6 Å². The van der Waals surface area contributed by atoms with Gasteiger partial charge in [0.1, 0.15) is 5.54 Å². The lowest BCUT2D eigenvalue weighted by molar-refractivity contribution is -0.153. The van der Waals surface area contributed by atoms with Crippen LogP contribution in [0.15, 0.2) is 0 Å². The number of rotatable bonds is 8. The average Bonchev–Trinajstić information content (AvgIpc) is 2.17. The molecule has 1 atom stereocenters. The molecule has 0 fully saturated rings. The highest BCUT2D eigenvalue weighted by Gasteiger charge is 2.35. The molecule has 0 aliphatic heterocycles. The van der Waals surface area contributed by atoms with E-state index in [0.29, 0.717) is 19.8 Å². The largest absolute Gasteiger partial charge is 0.465 e. The van der Waals surface area contributed by atoms with Gasteiger partial charge in [0.05, 0.1) is 13.2 Å². The Bertz CT molecular complexity index is 206. The molecule has 0 saturated carbocycles. The summed E-state index contributed by atoms with van der Waals surface area (Å²) in [5, 5.41) is 3.20. The zero-order valence-corrected chi connectivity index (χ0v) is 11.1. The summed E-state index contributed by atoms with van der Waals surface area (Å²) < 4.78 is 10.5. The summed E-state index contributed by atoms with van der Waals surface area (Å²) in [5.41, 5.74) is -0.751. The van der Waals surface area contributed by atoms with Crippen molar-refractivity contribution in [1.29, 1.82) is 0 Å². The number of ether oxygens (including phenoxy) is 2. The predicted octanol–water partition coefficient (Wildman–Crippen LogP) is 1.73. The Labute approximate surface area is 98.7 Å². The Morgan fingerprint density at radius 3 is 2.44 bits per heavy atom. The summed E-state index contributed by atoms with van der Waals surface area (Å²) in [6, 6.07) is 0.208. The summed E-state index contributed by atoms with van der Waals surface area (Å²) in [7, 11) is 0. The van der Waals surface area contributed by atoms with E-state index in [0.717, 1.165) is 6.42 Å². The maximum Gasteiger partial charge on any atom is 0.328 e. The van der Waals surface area contributed by atoms with Crippen molar-refractivity contribution in [3.05, 3.63) is 0 Å². The van der Waals surface area contributed by atoms with Gasteiger partial charge in [-0.3, -0.25) is 5.32 Å². The lowest BCUT2D eigenvalue weighted by atomic mass is 10.0. The smallest absolute Gasteiger partial charge is 0.328 e. The van der Waals surface area contributed by atoms with Gasteiger partial charge in [0.2, 0.25) is 0 Å². The van der Waals surface area contributed by atoms with E-state index in [2.05, 4.69) is 5.32 Å². The van der Waals surface area contributed by atoms with E-state index in [4.69, 9.17) is 9.47 Å². The summed E-state index contributed by atoms with van der Waals surface area (Å²) in [5.74, 6) is -0.250. The summed E-state index contributed by atoms with van der Waals surface area (Å²) in [4.78, 5) is 11.8.